The summed E-state index contributed by atoms with van der Waals surface area (Å²) in [6.45, 7) is 4.50. The number of hydrogen-bond donors (Lipinski definition) is 0. The van der Waals surface area contributed by atoms with E-state index in [1.165, 1.54) is 6.07 Å². The molecule has 0 amide bonds. The molecule has 9 heteroatoms. The van der Waals surface area contributed by atoms with Gasteiger partial charge in [0.05, 0.1) is 25.2 Å². The van der Waals surface area contributed by atoms with E-state index in [9.17, 15) is 4.39 Å². The fourth-order valence-electron chi connectivity index (χ4n) is 5.97. The normalized spacial score (nSPS) is 23.1. The summed E-state index contributed by atoms with van der Waals surface area (Å²) in [6.07, 6.45) is 1.36. The number of rotatable bonds is 7. The summed E-state index contributed by atoms with van der Waals surface area (Å²) in [4.78, 5) is 0. The Balaban J connectivity index is 1.35. The summed E-state index contributed by atoms with van der Waals surface area (Å²) in [5.74, 6) is -8.09. The Hall–Kier alpha value is -2.68. The van der Waals surface area contributed by atoms with Crippen LogP contribution in [0.25, 0.3) is 11.1 Å². The minimum atomic E-state index is -3.73. The SMILES string of the molecule is CCCOc1cc2c(c(F)c1F)-c1c(cc(OC(F)(F)C3CCC(C4CC=C(C)CO4)CC3)c(F)c1F)CC2. The minimum absolute atomic E-state index is 0.00114. The van der Waals surface area contributed by atoms with E-state index in [4.69, 9.17) is 14.2 Å². The molecule has 1 aliphatic heterocycles. The second kappa shape index (κ2) is 11.1. The maximum atomic E-state index is 15.3. The smallest absolute Gasteiger partial charge is 0.400 e. The van der Waals surface area contributed by atoms with Gasteiger partial charge < -0.3 is 14.2 Å². The monoisotopic (exact) mass is 554 g/mol. The standard InChI is InChI=1S/C30H32F6O3/c1-3-12-37-22-13-18-5-6-19-14-23(27(32)29(34)25(19)24(18)28(33)26(22)31)39-30(35,36)20-9-7-17(8-10-20)21-11-4-16(2)15-38-21/h4,13-14,17,20-21H,3,5-12,15H2,1-2H3. The Morgan fingerprint density at radius 3 is 2.03 bits per heavy atom. The van der Waals surface area contributed by atoms with E-state index >= 15 is 22.0 Å². The Morgan fingerprint density at radius 1 is 0.872 bits per heavy atom. The summed E-state index contributed by atoms with van der Waals surface area (Å²) in [6, 6.07) is 2.27. The number of ether oxygens (including phenoxy) is 3. The van der Waals surface area contributed by atoms with Crippen molar-refractivity contribution in [3.05, 3.63) is 58.2 Å². The van der Waals surface area contributed by atoms with Crippen LogP contribution < -0.4 is 9.47 Å². The average molecular weight is 555 g/mol. The molecule has 2 aliphatic carbocycles. The largest absolute Gasteiger partial charge is 0.490 e. The Morgan fingerprint density at radius 2 is 1.46 bits per heavy atom. The van der Waals surface area contributed by atoms with Gasteiger partial charge in [0.15, 0.2) is 23.1 Å². The quantitative estimate of drug-likeness (QED) is 0.255. The Kier molecular flexibility index (Phi) is 7.91. The molecule has 212 valence electrons. The zero-order valence-corrected chi connectivity index (χ0v) is 22.0. The van der Waals surface area contributed by atoms with Gasteiger partial charge in [0.1, 0.15) is 0 Å². The summed E-state index contributed by atoms with van der Waals surface area (Å²) in [7, 11) is 0. The van der Waals surface area contributed by atoms with E-state index in [2.05, 4.69) is 6.08 Å². The molecule has 1 saturated carbocycles. The van der Waals surface area contributed by atoms with Crippen molar-refractivity contribution in [1.29, 1.82) is 0 Å². The van der Waals surface area contributed by atoms with Gasteiger partial charge in [0, 0.05) is 11.1 Å². The average Bonchev–Trinajstić information content (AvgIpc) is 2.93. The van der Waals surface area contributed by atoms with Crippen molar-refractivity contribution in [2.75, 3.05) is 13.2 Å². The van der Waals surface area contributed by atoms with Crippen molar-refractivity contribution in [3.8, 4) is 22.6 Å². The number of aryl methyl sites for hydroxylation is 2. The summed E-state index contributed by atoms with van der Waals surface area (Å²) in [5.41, 5.74) is 0.602. The van der Waals surface area contributed by atoms with E-state index in [-0.39, 0.29) is 61.2 Å². The molecule has 1 unspecified atom stereocenters. The highest BCUT2D eigenvalue weighted by Gasteiger charge is 2.46. The van der Waals surface area contributed by atoms with Gasteiger partial charge >= 0.3 is 6.11 Å². The second-order valence-corrected chi connectivity index (χ2v) is 10.8. The van der Waals surface area contributed by atoms with Crippen molar-refractivity contribution < 1.29 is 40.6 Å². The number of hydrogen-bond acceptors (Lipinski definition) is 3. The van der Waals surface area contributed by atoms with Gasteiger partial charge in [-0.05, 0) is 87.5 Å². The fraction of sp³-hybridized carbons (Fsp3) is 0.533. The van der Waals surface area contributed by atoms with Gasteiger partial charge in [0.25, 0.3) is 0 Å². The lowest BCUT2D eigenvalue weighted by molar-refractivity contribution is -0.226. The fourth-order valence-corrected chi connectivity index (χ4v) is 5.97. The summed E-state index contributed by atoms with van der Waals surface area (Å²) in [5, 5.41) is 0. The molecule has 0 aromatic heterocycles. The van der Waals surface area contributed by atoms with E-state index < -0.39 is 52.2 Å². The minimum Gasteiger partial charge on any atom is -0.490 e. The van der Waals surface area contributed by atoms with Crippen LogP contribution in [0.1, 0.15) is 63.5 Å². The molecule has 2 aromatic rings. The lowest BCUT2D eigenvalue weighted by Crippen LogP contribution is -2.39. The lowest BCUT2D eigenvalue weighted by atomic mass is 9.77. The molecular weight excluding hydrogens is 522 g/mol. The molecule has 1 atom stereocenters. The molecule has 3 aliphatic rings. The van der Waals surface area contributed by atoms with E-state index in [0.717, 1.165) is 18.1 Å². The van der Waals surface area contributed by atoms with Crippen molar-refractivity contribution >= 4 is 0 Å². The van der Waals surface area contributed by atoms with Crippen LogP contribution in [0.4, 0.5) is 26.3 Å². The van der Waals surface area contributed by atoms with Gasteiger partial charge in [-0.2, -0.15) is 17.6 Å². The highest BCUT2D eigenvalue weighted by Crippen LogP contribution is 2.46. The third kappa shape index (κ3) is 5.39. The first kappa shape index (κ1) is 27.9. The zero-order chi connectivity index (χ0) is 27.9. The van der Waals surface area contributed by atoms with Crippen LogP contribution in [0.5, 0.6) is 11.5 Å². The second-order valence-electron chi connectivity index (χ2n) is 10.8. The Bertz CT molecular complexity index is 1270. The molecule has 2 aromatic carbocycles. The van der Waals surface area contributed by atoms with Crippen LogP contribution in [0.2, 0.25) is 0 Å². The van der Waals surface area contributed by atoms with Crippen molar-refractivity contribution in [2.45, 2.75) is 77.4 Å². The highest BCUT2D eigenvalue weighted by atomic mass is 19.3. The highest BCUT2D eigenvalue weighted by molar-refractivity contribution is 5.76. The first-order valence-electron chi connectivity index (χ1n) is 13.6. The number of alkyl halides is 2. The molecular formula is C30H32F6O3. The van der Waals surface area contributed by atoms with E-state index in [1.807, 2.05) is 6.92 Å². The predicted octanol–water partition coefficient (Wildman–Crippen LogP) is 8.31. The number of halogens is 6. The zero-order valence-electron chi connectivity index (χ0n) is 22.0. The molecule has 0 bridgehead atoms. The molecule has 1 fully saturated rings. The van der Waals surface area contributed by atoms with Gasteiger partial charge in [-0.1, -0.05) is 18.6 Å². The van der Waals surface area contributed by atoms with Crippen LogP contribution in [0.3, 0.4) is 0 Å². The van der Waals surface area contributed by atoms with Gasteiger partial charge in [-0.15, -0.1) is 0 Å². The molecule has 0 spiro atoms. The van der Waals surface area contributed by atoms with Crippen LogP contribution >= 0.6 is 0 Å². The lowest BCUT2D eigenvalue weighted by Gasteiger charge is -2.37. The van der Waals surface area contributed by atoms with Crippen LogP contribution in [0.15, 0.2) is 23.8 Å². The van der Waals surface area contributed by atoms with Crippen LogP contribution in [0, 0.1) is 35.1 Å². The van der Waals surface area contributed by atoms with E-state index in [0.29, 0.717) is 25.9 Å². The third-order valence-corrected chi connectivity index (χ3v) is 8.13. The van der Waals surface area contributed by atoms with Crippen LogP contribution in [-0.2, 0) is 17.6 Å². The summed E-state index contributed by atoms with van der Waals surface area (Å²) < 4.78 is 106. The number of fused-ring (bicyclic) bond motifs is 3. The topological polar surface area (TPSA) is 27.7 Å². The van der Waals surface area contributed by atoms with Crippen LogP contribution in [-0.4, -0.2) is 25.4 Å². The first-order chi connectivity index (χ1) is 18.6. The van der Waals surface area contributed by atoms with Gasteiger partial charge in [-0.25, -0.2) is 8.78 Å². The van der Waals surface area contributed by atoms with Gasteiger partial charge in [0.2, 0.25) is 11.6 Å². The van der Waals surface area contributed by atoms with Crippen molar-refractivity contribution in [1.82, 2.24) is 0 Å². The molecule has 1 heterocycles. The molecule has 39 heavy (non-hydrogen) atoms. The summed E-state index contributed by atoms with van der Waals surface area (Å²) >= 11 is 0. The van der Waals surface area contributed by atoms with Crippen molar-refractivity contribution in [3.63, 3.8) is 0 Å². The van der Waals surface area contributed by atoms with Crippen molar-refractivity contribution in [2.24, 2.45) is 11.8 Å². The maximum Gasteiger partial charge on any atom is 0.400 e. The molecule has 3 nitrogen and oxygen atoms in total. The molecule has 0 saturated heterocycles. The number of benzene rings is 2. The molecule has 0 N–H and O–H groups in total. The predicted molar refractivity (Wildman–Crippen MR) is 134 cm³/mol. The Labute approximate surface area is 224 Å². The molecule has 5 rings (SSSR count). The molecule has 0 radical (unpaired) electrons. The first-order valence-corrected chi connectivity index (χ1v) is 13.6. The van der Waals surface area contributed by atoms with E-state index in [1.54, 1.807) is 6.92 Å². The van der Waals surface area contributed by atoms with Gasteiger partial charge in [-0.3, -0.25) is 0 Å². The maximum absolute atomic E-state index is 15.3. The third-order valence-electron chi connectivity index (χ3n) is 8.13.